The van der Waals surface area contributed by atoms with Crippen molar-refractivity contribution < 1.29 is 18.7 Å². The van der Waals surface area contributed by atoms with Crippen LogP contribution < -0.4 is 0 Å². The van der Waals surface area contributed by atoms with Gasteiger partial charge in [0.1, 0.15) is 17.7 Å². The molecule has 3 rings (SSSR count). The average Bonchev–Trinajstić information content (AvgIpc) is 3.12. The van der Waals surface area contributed by atoms with Crippen LogP contribution in [0.25, 0.3) is 0 Å². The Morgan fingerprint density at radius 1 is 1.16 bits per heavy atom. The molecule has 1 aliphatic rings. The van der Waals surface area contributed by atoms with E-state index in [0.717, 1.165) is 5.56 Å². The number of carbonyl (C=O) groups excluding carboxylic acids is 1. The van der Waals surface area contributed by atoms with E-state index >= 15 is 0 Å². The minimum absolute atomic E-state index is 0. The summed E-state index contributed by atoms with van der Waals surface area (Å²) >= 11 is 0. The highest BCUT2D eigenvalue weighted by molar-refractivity contribution is 5.85. The first-order valence-corrected chi connectivity index (χ1v) is 8.08. The highest BCUT2D eigenvalue weighted by Gasteiger charge is 2.23. The molecular weight excluding hydrogens is 347 g/mol. The van der Waals surface area contributed by atoms with Crippen LogP contribution in [0.15, 0.2) is 47.1 Å². The molecule has 2 heterocycles. The Morgan fingerprint density at radius 3 is 2.44 bits per heavy atom. The van der Waals surface area contributed by atoms with E-state index < -0.39 is 6.10 Å². The van der Waals surface area contributed by atoms with Crippen molar-refractivity contribution in [3.8, 4) is 0 Å². The normalized spacial score (nSPS) is 16.3. The zero-order valence-corrected chi connectivity index (χ0v) is 14.6. The third-order valence-electron chi connectivity index (χ3n) is 4.30. The van der Waals surface area contributed by atoms with Crippen molar-refractivity contribution in [3.63, 3.8) is 0 Å². The third-order valence-corrected chi connectivity index (χ3v) is 4.30. The summed E-state index contributed by atoms with van der Waals surface area (Å²) in [6.45, 7) is 3.18. The number of carbonyl (C=O) groups is 1. The number of piperazine rings is 1. The molecule has 25 heavy (non-hydrogen) atoms. The van der Waals surface area contributed by atoms with Crippen LogP contribution in [0.5, 0.6) is 0 Å². The molecule has 0 spiro atoms. The van der Waals surface area contributed by atoms with Crippen molar-refractivity contribution in [1.29, 1.82) is 0 Å². The van der Waals surface area contributed by atoms with Crippen LogP contribution in [0.4, 0.5) is 4.39 Å². The van der Waals surface area contributed by atoms with Crippen molar-refractivity contribution in [2.45, 2.75) is 12.5 Å². The average molecular weight is 369 g/mol. The second-order valence-electron chi connectivity index (χ2n) is 6.02. The van der Waals surface area contributed by atoms with Gasteiger partial charge in [-0.15, -0.1) is 12.4 Å². The molecule has 1 saturated heterocycles. The number of amides is 1. The molecule has 1 unspecified atom stereocenters. The quantitative estimate of drug-likeness (QED) is 0.879. The van der Waals surface area contributed by atoms with Gasteiger partial charge in [-0.25, -0.2) is 4.39 Å². The molecule has 1 atom stereocenters. The monoisotopic (exact) mass is 368 g/mol. The summed E-state index contributed by atoms with van der Waals surface area (Å²) in [5, 5.41) is 10.1. The summed E-state index contributed by atoms with van der Waals surface area (Å²) in [5.41, 5.74) is 0.817. The lowest BCUT2D eigenvalue weighted by molar-refractivity contribution is -0.132. The number of β-amino-alcohol motifs (C(OH)–C–C–N with tert-alkyl or cyclic N) is 1. The minimum atomic E-state index is -0.651. The summed E-state index contributed by atoms with van der Waals surface area (Å²) in [7, 11) is 0. The van der Waals surface area contributed by atoms with Crippen molar-refractivity contribution in [1.82, 2.24) is 9.80 Å². The minimum Gasteiger partial charge on any atom is -0.467 e. The highest BCUT2D eigenvalue weighted by Crippen LogP contribution is 2.16. The Balaban J connectivity index is 0.00000225. The van der Waals surface area contributed by atoms with Crippen LogP contribution in [-0.2, 0) is 11.2 Å². The largest absolute Gasteiger partial charge is 0.467 e. The van der Waals surface area contributed by atoms with E-state index in [1.54, 1.807) is 30.5 Å². The molecule has 1 aromatic carbocycles. The van der Waals surface area contributed by atoms with Gasteiger partial charge in [0.2, 0.25) is 5.91 Å². The molecule has 5 nitrogen and oxygen atoms in total. The van der Waals surface area contributed by atoms with Crippen LogP contribution in [-0.4, -0.2) is 53.5 Å². The molecule has 1 aliphatic heterocycles. The number of furan rings is 1. The topological polar surface area (TPSA) is 56.9 Å². The fraction of sp³-hybridized carbons (Fsp3) is 0.389. The van der Waals surface area contributed by atoms with Crippen molar-refractivity contribution in [3.05, 3.63) is 59.8 Å². The fourth-order valence-corrected chi connectivity index (χ4v) is 2.88. The predicted octanol–water partition coefficient (Wildman–Crippen LogP) is 2.26. The summed E-state index contributed by atoms with van der Waals surface area (Å²) in [6.07, 6.45) is 1.18. The van der Waals surface area contributed by atoms with Crippen LogP contribution >= 0.6 is 12.4 Å². The molecule has 1 fully saturated rings. The first-order chi connectivity index (χ1) is 11.6. The number of halogens is 2. The van der Waals surface area contributed by atoms with E-state index in [1.807, 2.05) is 4.90 Å². The maximum Gasteiger partial charge on any atom is 0.227 e. The smallest absolute Gasteiger partial charge is 0.227 e. The molecule has 0 bridgehead atoms. The Morgan fingerprint density at radius 2 is 1.84 bits per heavy atom. The molecule has 1 aromatic heterocycles. The van der Waals surface area contributed by atoms with E-state index in [9.17, 15) is 14.3 Å². The Hall–Kier alpha value is -1.89. The Bertz CT molecular complexity index is 655. The van der Waals surface area contributed by atoms with Crippen molar-refractivity contribution in [2.75, 3.05) is 32.7 Å². The van der Waals surface area contributed by atoms with E-state index in [2.05, 4.69) is 4.90 Å². The lowest BCUT2D eigenvalue weighted by Gasteiger charge is -2.35. The number of benzene rings is 1. The first-order valence-electron chi connectivity index (χ1n) is 8.08. The summed E-state index contributed by atoms with van der Waals surface area (Å²) in [4.78, 5) is 16.3. The van der Waals surface area contributed by atoms with Gasteiger partial charge in [-0.3, -0.25) is 9.69 Å². The van der Waals surface area contributed by atoms with Crippen molar-refractivity contribution >= 4 is 18.3 Å². The molecular formula is C18H22ClFN2O3. The van der Waals surface area contributed by atoms with Gasteiger partial charge in [-0.1, -0.05) is 12.1 Å². The van der Waals surface area contributed by atoms with Crippen LogP contribution in [0.2, 0.25) is 0 Å². The second-order valence-corrected chi connectivity index (χ2v) is 6.02. The zero-order valence-electron chi connectivity index (χ0n) is 13.8. The molecule has 0 radical (unpaired) electrons. The van der Waals surface area contributed by atoms with Gasteiger partial charge >= 0.3 is 0 Å². The van der Waals surface area contributed by atoms with Crippen LogP contribution in [0, 0.1) is 5.82 Å². The third kappa shape index (κ3) is 5.29. The van der Waals surface area contributed by atoms with Gasteiger partial charge in [0.25, 0.3) is 0 Å². The standard InChI is InChI=1S/C18H21FN2O3.ClH/c19-15-5-3-14(4-6-15)12-18(23)21-9-7-20(8-10-21)13-16(22)17-2-1-11-24-17;/h1-6,11,16,22H,7-10,12-13H2;1H. The van der Waals surface area contributed by atoms with Crippen molar-refractivity contribution in [2.24, 2.45) is 0 Å². The molecule has 136 valence electrons. The molecule has 1 amide bonds. The molecule has 1 N–H and O–H groups in total. The molecule has 0 saturated carbocycles. The maximum atomic E-state index is 12.9. The predicted molar refractivity (Wildman–Crippen MR) is 94.0 cm³/mol. The Kier molecular flexibility index (Phi) is 6.99. The molecule has 7 heteroatoms. The van der Waals surface area contributed by atoms with Gasteiger partial charge < -0.3 is 14.4 Å². The summed E-state index contributed by atoms with van der Waals surface area (Å²) in [6, 6.07) is 9.54. The zero-order chi connectivity index (χ0) is 16.9. The van der Waals surface area contributed by atoms with E-state index in [0.29, 0.717) is 38.5 Å². The number of nitrogens with zero attached hydrogens (tertiary/aromatic N) is 2. The van der Waals surface area contributed by atoms with Gasteiger partial charge in [0.05, 0.1) is 12.7 Å². The lowest BCUT2D eigenvalue weighted by atomic mass is 10.1. The van der Waals surface area contributed by atoms with Crippen LogP contribution in [0.1, 0.15) is 17.4 Å². The Labute approximate surface area is 152 Å². The van der Waals surface area contributed by atoms with Gasteiger partial charge in [0, 0.05) is 32.7 Å². The summed E-state index contributed by atoms with van der Waals surface area (Å²) in [5.74, 6) is 0.313. The van der Waals surface area contributed by atoms with Gasteiger partial charge in [-0.2, -0.15) is 0 Å². The van der Waals surface area contributed by atoms with Gasteiger partial charge in [-0.05, 0) is 29.8 Å². The van der Waals surface area contributed by atoms with E-state index in [4.69, 9.17) is 4.42 Å². The van der Waals surface area contributed by atoms with Crippen LogP contribution in [0.3, 0.4) is 0 Å². The first kappa shape index (κ1) is 19.4. The molecule has 2 aromatic rings. The number of aliphatic hydroxyl groups is 1. The van der Waals surface area contributed by atoms with E-state index in [-0.39, 0.29) is 30.6 Å². The number of aliphatic hydroxyl groups excluding tert-OH is 1. The number of hydrogen-bond acceptors (Lipinski definition) is 4. The fourth-order valence-electron chi connectivity index (χ4n) is 2.88. The molecule has 0 aliphatic carbocycles. The maximum absolute atomic E-state index is 12.9. The number of rotatable bonds is 5. The second kappa shape index (κ2) is 8.99. The highest BCUT2D eigenvalue weighted by atomic mass is 35.5. The van der Waals surface area contributed by atoms with Gasteiger partial charge in [0.15, 0.2) is 0 Å². The lowest BCUT2D eigenvalue weighted by Crippen LogP contribution is -2.50. The SMILES string of the molecule is Cl.O=C(Cc1ccc(F)cc1)N1CCN(CC(O)c2ccco2)CC1. The summed E-state index contributed by atoms with van der Waals surface area (Å²) < 4.78 is 18.1. The number of hydrogen-bond donors (Lipinski definition) is 1. The van der Waals surface area contributed by atoms with E-state index in [1.165, 1.54) is 12.1 Å².